The van der Waals surface area contributed by atoms with Crippen LogP contribution in [0.3, 0.4) is 0 Å². The van der Waals surface area contributed by atoms with Crippen molar-refractivity contribution in [3.63, 3.8) is 0 Å². The molecule has 0 atom stereocenters. The molecular formula is C26H34F2N8O2S. The maximum Gasteiger partial charge on any atom is 0.226 e. The van der Waals surface area contributed by atoms with Crippen molar-refractivity contribution in [3.05, 3.63) is 41.9 Å². The maximum atomic E-state index is 15.3. The molecule has 210 valence electrons. The molecular weight excluding hydrogens is 526 g/mol. The lowest BCUT2D eigenvalue weighted by Crippen LogP contribution is -2.53. The number of sulfone groups is 1. The number of likely N-dealkylation sites (tertiary alicyclic amines) is 1. The third-order valence-corrected chi connectivity index (χ3v) is 9.25. The minimum Gasteiger partial charge on any atom is -0.338 e. The molecule has 10 nitrogen and oxygen atoms in total. The summed E-state index contributed by atoms with van der Waals surface area (Å²) in [5.74, 6) is -1.81. The zero-order valence-electron chi connectivity index (χ0n) is 22.3. The van der Waals surface area contributed by atoms with Gasteiger partial charge in [-0.25, -0.2) is 37.1 Å². The van der Waals surface area contributed by atoms with Gasteiger partial charge in [0.15, 0.2) is 21.5 Å². The number of piperazine rings is 1. The lowest BCUT2D eigenvalue weighted by Gasteiger charge is -2.42. The van der Waals surface area contributed by atoms with Gasteiger partial charge in [-0.2, -0.15) is 0 Å². The van der Waals surface area contributed by atoms with E-state index in [0.717, 1.165) is 51.4 Å². The van der Waals surface area contributed by atoms with Crippen molar-refractivity contribution >= 4 is 38.3 Å². The molecule has 0 saturated carbocycles. The number of benzene rings is 1. The third kappa shape index (κ3) is 6.25. The van der Waals surface area contributed by atoms with Gasteiger partial charge in [0.1, 0.15) is 28.9 Å². The van der Waals surface area contributed by atoms with E-state index in [9.17, 15) is 12.8 Å². The molecule has 2 aliphatic rings. The molecule has 0 aliphatic carbocycles. The summed E-state index contributed by atoms with van der Waals surface area (Å²) in [6.45, 7) is 7.34. The highest BCUT2D eigenvalue weighted by molar-refractivity contribution is 7.90. The van der Waals surface area contributed by atoms with Gasteiger partial charge in [0, 0.05) is 37.8 Å². The molecule has 1 aromatic carbocycles. The molecule has 2 aromatic heterocycles. The van der Waals surface area contributed by atoms with Crippen LogP contribution in [-0.2, 0) is 15.6 Å². The Labute approximate surface area is 227 Å². The SMILES string of the molecule is CCCS(=O)(=O)Cc1ccc(F)c(Nc2ncnc3cnc(N4CCN(C5CCN(C)CC5)CC4)nc23)c1F. The van der Waals surface area contributed by atoms with Gasteiger partial charge < -0.3 is 15.1 Å². The quantitative estimate of drug-likeness (QED) is 0.442. The Hall–Kier alpha value is -3.03. The molecule has 5 rings (SSSR count). The van der Waals surface area contributed by atoms with Gasteiger partial charge in [0.2, 0.25) is 5.95 Å². The Balaban J connectivity index is 1.36. The average molecular weight is 561 g/mol. The topological polar surface area (TPSA) is 107 Å². The predicted octanol–water partition coefficient (Wildman–Crippen LogP) is 2.98. The molecule has 0 unspecified atom stereocenters. The number of nitrogens with one attached hydrogen (secondary N) is 1. The second kappa shape index (κ2) is 11.6. The number of nitrogens with zero attached hydrogens (tertiary/aromatic N) is 7. The van der Waals surface area contributed by atoms with Crippen LogP contribution in [-0.4, -0.2) is 96.3 Å². The Bertz CT molecular complexity index is 1420. The van der Waals surface area contributed by atoms with Crippen LogP contribution in [0, 0.1) is 11.6 Å². The van der Waals surface area contributed by atoms with E-state index in [-0.39, 0.29) is 17.1 Å². The fraction of sp³-hybridized carbons (Fsp3) is 0.538. The average Bonchev–Trinajstić information content (AvgIpc) is 2.93. The predicted molar refractivity (Wildman–Crippen MR) is 147 cm³/mol. The van der Waals surface area contributed by atoms with Crippen LogP contribution < -0.4 is 10.2 Å². The first-order valence-corrected chi connectivity index (χ1v) is 15.2. The number of aromatic nitrogens is 4. The van der Waals surface area contributed by atoms with E-state index in [1.54, 1.807) is 13.1 Å². The van der Waals surface area contributed by atoms with Gasteiger partial charge in [0.05, 0.1) is 17.7 Å². The van der Waals surface area contributed by atoms with Crippen molar-refractivity contribution in [2.75, 3.05) is 62.3 Å². The summed E-state index contributed by atoms with van der Waals surface area (Å²) in [6, 6.07) is 2.81. The van der Waals surface area contributed by atoms with Crippen LogP contribution in [0.4, 0.5) is 26.2 Å². The van der Waals surface area contributed by atoms with Gasteiger partial charge in [-0.15, -0.1) is 0 Å². The molecule has 3 aromatic rings. The van der Waals surface area contributed by atoms with Crippen LogP contribution in [0.5, 0.6) is 0 Å². The summed E-state index contributed by atoms with van der Waals surface area (Å²) in [6.07, 6.45) is 5.61. The molecule has 13 heteroatoms. The van der Waals surface area contributed by atoms with Crippen molar-refractivity contribution in [3.8, 4) is 0 Å². The number of rotatable bonds is 8. The number of fused-ring (bicyclic) bond motifs is 1. The highest BCUT2D eigenvalue weighted by Gasteiger charge is 2.28. The van der Waals surface area contributed by atoms with Crippen molar-refractivity contribution < 1.29 is 17.2 Å². The van der Waals surface area contributed by atoms with Crippen LogP contribution in [0.25, 0.3) is 11.0 Å². The molecule has 0 amide bonds. The Morgan fingerprint density at radius 1 is 1.03 bits per heavy atom. The molecule has 2 aliphatic heterocycles. The molecule has 39 heavy (non-hydrogen) atoms. The first-order chi connectivity index (χ1) is 18.7. The Morgan fingerprint density at radius 3 is 2.49 bits per heavy atom. The zero-order chi connectivity index (χ0) is 27.6. The molecule has 2 saturated heterocycles. The molecule has 4 heterocycles. The lowest BCUT2D eigenvalue weighted by molar-refractivity contribution is 0.115. The summed E-state index contributed by atoms with van der Waals surface area (Å²) in [4.78, 5) is 24.6. The number of halogens is 2. The standard InChI is InChI=1S/C26H34F2N8O2S/c1-3-14-39(37,38)16-18-4-5-20(27)23(22(18)28)32-25-24-21(30-17-31-25)15-29-26(33-24)36-12-10-35(11-13-36)19-6-8-34(2)9-7-19/h4-5,15,17,19H,3,6-14,16H2,1-2H3,(H,30,31,32). The van der Waals surface area contributed by atoms with Crippen molar-refractivity contribution in [2.45, 2.75) is 38.0 Å². The number of anilines is 3. The molecule has 0 bridgehead atoms. The first kappa shape index (κ1) is 27.5. The van der Waals surface area contributed by atoms with Gasteiger partial charge in [-0.3, -0.25) is 4.90 Å². The molecule has 2 fully saturated rings. The zero-order valence-corrected chi connectivity index (χ0v) is 23.1. The van der Waals surface area contributed by atoms with E-state index in [4.69, 9.17) is 0 Å². The monoisotopic (exact) mass is 560 g/mol. The van der Waals surface area contributed by atoms with Crippen molar-refractivity contribution in [1.82, 2.24) is 29.7 Å². The minimum absolute atomic E-state index is 0.0743. The lowest BCUT2D eigenvalue weighted by atomic mass is 10.0. The molecule has 0 spiro atoms. The largest absolute Gasteiger partial charge is 0.338 e. The van der Waals surface area contributed by atoms with Crippen LogP contribution in [0.15, 0.2) is 24.7 Å². The van der Waals surface area contributed by atoms with Crippen LogP contribution >= 0.6 is 0 Å². The number of hydrogen-bond acceptors (Lipinski definition) is 10. The third-order valence-electron chi connectivity index (χ3n) is 7.47. The Kier molecular flexibility index (Phi) is 8.19. The van der Waals surface area contributed by atoms with E-state index in [0.29, 0.717) is 29.4 Å². The smallest absolute Gasteiger partial charge is 0.226 e. The number of piperidine rings is 1. The van der Waals surface area contributed by atoms with E-state index in [1.165, 1.54) is 19.2 Å². The molecule has 0 radical (unpaired) electrons. The summed E-state index contributed by atoms with van der Waals surface area (Å²) in [7, 11) is -1.36. The van der Waals surface area contributed by atoms with Crippen LogP contribution in [0.2, 0.25) is 0 Å². The van der Waals surface area contributed by atoms with Crippen molar-refractivity contribution in [2.24, 2.45) is 0 Å². The van der Waals surface area contributed by atoms with Gasteiger partial charge in [-0.05, 0) is 45.5 Å². The molecule has 1 N–H and O–H groups in total. The second-order valence-electron chi connectivity index (χ2n) is 10.3. The van der Waals surface area contributed by atoms with Crippen molar-refractivity contribution in [1.29, 1.82) is 0 Å². The summed E-state index contributed by atoms with van der Waals surface area (Å²) in [5.41, 5.74) is 0.154. The maximum absolute atomic E-state index is 15.3. The van der Waals surface area contributed by atoms with E-state index >= 15 is 4.39 Å². The Morgan fingerprint density at radius 2 is 1.77 bits per heavy atom. The van der Waals surface area contributed by atoms with E-state index in [1.807, 2.05) is 0 Å². The highest BCUT2D eigenvalue weighted by Crippen LogP contribution is 2.29. The fourth-order valence-electron chi connectivity index (χ4n) is 5.30. The highest BCUT2D eigenvalue weighted by atomic mass is 32.2. The first-order valence-electron chi connectivity index (χ1n) is 13.3. The van der Waals surface area contributed by atoms with E-state index in [2.05, 4.69) is 47.0 Å². The fourth-order valence-corrected chi connectivity index (χ4v) is 6.76. The second-order valence-corrected chi connectivity index (χ2v) is 12.5. The van der Waals surface area contributed by atoms with Gasteiger partial charge in [0.25, 0.3) is 0 Å². The van der Waals surface area contributed by atoms with Crippen LogP contribution in [0.1, 0.15) is 31.7 Å². The minimum atomic E-state index is -3.52. The summed E-state index contributed by atoms with van der Waals surface area (Å²) < 4.78 is 54.6. The number of hydrogen-bond donors (Lipinski definition) is 1. The summed E-state index contributed by atoms with van der Waals surface area (Å²) >= 11 is 0. The van der Waals surface area contributed by atoms with Gasteiger partial charge >= 0.3 is 0 Å². The van der Waals surface area contributed by atoms with Gasteiger partial charge in [-0.1, -0.05) is 13.0 Å². The van der Waals surface area contributed by atoms with E-state index < -0.39 is 32.9 Å². The normalized spacial score (nSPS) is 18.1. The summed E-state index contributed by atoms with van der Waals surface area (Å²) in [5, 5.41) is 2.71.